The standard InChI is InChI=1S/C13H17BrN2O4/c1-9-4-3-5-11(16(18)19)12(9)13(17)15-10(6-7-14)8-20-2/h3-5,10H,6-8H2,1-2H3,(H,15,17). The van der Waals surface area contributed by atoms with Crippen LogP contribution in [0.1, 0.15) is 22.3 Å². The minimum absolute atomic E-state index is 0.105. The van der Waals surface area contributed by atoms with Gasteiger partial charge in [0.2, 0.25) is 0 Å². The number of hydrogen-bond acceptors (Lipinski definition) is 4. The molecular weight excluding hydrogens is 328 g/mol. The monoisotopic (exact) mass is 344 g/mol. The van der Waals surface area contributed by atoms with Crippen LogP contribution in [0.4, 0.5) is 5.69 Å². The molecule has 7 heteroatoms. The van der Waals surface area contributed by atoms with E-state index in [-0.39, 0.29) is 17.3 Å². The minimum atomic E-state index is -0.544. The summed E-state index contributed by atoms with van der Waals surface area (Å²) in [5, 5.41) is 14.5. The summed E-state index contributed by atoms with van der Waals surface area (Å²) < 4.78 is 5.03. The molecule has 20 heavy (non-hydrogen) atoms. The number of nitrogens with zero attached hydrogens (tertiary/aromatic N) is 1. The molecule has 0 heterocycles. The summed E-state index contributed by atoms with van der Waals surface area (Å²) in [7, 11) is 1.55. The number of benzene rings is 1. The van der Waals surface area contributed by atoms with Gasteiger partial charge in [-0.2, -0.15) is 0 Å². The molecule has 6 nitrogen and oxygen atoms in total. The number of ether oxygens (including phenoxy) is 1. The van der Waals surface area contributed by atoms with Gasteiger partial charge < -0.3 is 10.1 Å². The summed E-state index contributed by atoms with van der Waals surface area (Å²) in [6.45, 7) is 2.04. The molecule has 0 aliphatic carbocycles. The van der Waals surface area contributed by atoms with Crippen molar-refractivity contribution in [1.82, 2.24) is 5.32 Å². The SMILES string of the molecule is COCC(CCBr)NC(=O)c1c(C)cccc1[N+](=O)[O-]. The number of methoxy groups -OCH3 is 1. The first-order valence-electron chi connectivity index (χ1n) is 6.11. The average Bonchev–Trinajstić information content (AvgIpc) is 2.38. The Morgan fingerprint density at radius 1 is 1.55 bits per heavy atom. The smallest absolute Gasteiger partial charge is 0.282 e. The second-order valence-electron chi connectivity index (χ2n) is 4.33. The minimum Gasteiger partial charge on any atom is -0.383 e. The molecule has 0 radical (unpaired) electrons. The Balaban J connectivity index is 2.99. The van der Waals surface area contributed by atoms with Gasteiger partial charge in [-0.1, -0.05) is 28.1 Å². The van der Waals surface area contributed by atoms with E-state index in [1.807, 2.05) is 0 Å². The number of aryl methyl sites for hydroxylation is 1. The van der Waals surface area contributed by atoms with E-state index in [9.17, 15) is 14.9 Å². The summed E-state index contributed by atoms with van der Waals surface area (Å²) >= 11 is 3.30. The van der Waals surface area contributed by atoms with Crippen molar-refractivity contribution in [2.24, 2.45) is 0 Å². The largest absolute Gasteiger partial charge is 0.383 e. The summed E-state index contributed by atoms with van der Waals surface area (Å²) in [6.07, 6.45) is 0.680. The highest BCUT2D eigenvalue weighted by atomic mass is 79.9. The summed E-state index contributed by atoms with van der Waals surface area (Å²) in [4.78, 5) is 22.7. The van der Waals surface area contributed by atoms with E-state index in [2.05, 4.69) is 21.2 Å². The zero-order valence-corrected chi connectivity index (χ0v) is 13.0. The van der Waals surface area contributed by atoms with Crippen LogP contribution in [0.25, 0.3) is 0 Å². The third-order valence-electron chi connectivity index (χ3n) is 2.84. The third-order valence-corrected chi connectivity index (χ3v) is 3.29. The number of halogens is 1. The normalized spacial score (nSPS) is 11.9. The van der Waals surface area contributed by atoms with Gasteiger partial charge in [0.05, 0.1) is 17.6 Å². The van der Waals surface area contributed by atoms with Crippen molar-refractivity contribution in [3.8, 4) is 0 Å². The molecule has 0 aliphatic heterocycles. The molecule has 0 saturated carbocycles. The predicted octanol–water partition coefficient (Wildman–Crippen LogP) is 2.43. The lowest BCUT2D eigenvalue weighted by Gasteiger charge is -2.17. The number of nitro groups is 1. The van der Waals surface area contributed by atoms with Crippen LogP contribution in [0, 0.1) is 17.0 Å². The lowest BCUT2D eigenvalue weighted by atomic mass is 10.1. The molecule has 0 bridgehead atoms. The van der Waals surface area contributed by atoms with Gasteiger partial charge >= 0.3 is 0 Å². The molecule has 0 saturated heterocycles. The van der Waals surface area contributed by atoms with E-state index >= 15 is 0 Å². The highest BCUT2D eigenvalue weighted by Gasteiger charge is 2.23. The maximum absolute atomic E-state index is 12.3. The molecule has 1 N–H and O–H groups in total. The van der Waals surface area contributed by atoms with Crippen molar-refractivity contribution in [1.29, 1.82) is 0 Å². The molecule has 0 aromatic heterocycles. The maximum Gasteiger partial charge on any atom is 0.282 e. The van der Waals surface area contributed by atoms with Crippen molar-refractivity contribution in [3.63, 3.8) is 0 Å². The van der Waals surface area contributed by atoms with E-state index in [1.54, 1.807) is 26.2 Å². The summed E-state index contributed by atoms with van der Waals surface area (Å²) in [5.74, 6) is -0.446. The zero-order chi connectivity index (χ0) is 15.1. The molecule has 0 aliphatic rings. The van der Waals surface area contributed by atoms with Gasteiger partial charge in [0.1, 0.15) is 5.56 Å². The lowest BCUT2D eigenvalue weighted by molar-refractivity contribution is -0.385. The first-order chi connectivity index (χ1) is 9.51. The van der Waals surface area contributed by atoms with Crippen molar-refractivity contribution < 1.29 is 14.5 Å². The molecule has 110 valence electrons. The van der Waals surface area contributed by atoms with Crippen LogP contribution >= 0.6 is 15.9 Å². The molecule has 1 rings (SSSR count). The Labute approximate surface area is 125 Å². The van der Waals surface area contributed by atoms with Crippen LogP contribution in [0.3, 0.4) is 0 Å². The molecule has 0 spiro atoms. The maximum atomic E-state index is 12.3. The van der Waals surface area contributed by atoms with Gasteiger partial charge in [0.15, 0.2) is 0 Å². The Kier molecular flexibility index (Phi) is 6.60. The van der Waals surface area contributed by atoms with Crippen LogP contribution in [-0.4, -0.2) is 35.9 Å². The fourth-order valence-corrected chi connectivity index (χ4v) is 2.44. The van der Waals surface area contributed by atoms with Crippen LogP contribution in [0.2, 0.25) is 0 Å². The topological polar surface area (TPSA) is 81.5 Å². The number of rotatable bonds is 7. The van der Waals surface area contributed by atoms with Crippen LogP contribution in [-0.2, 0) is 4.74 Å². The van der Waals surface area contributed by atoms with Crippen molar-refractivity contribution in [3.05, 3.63) is 39.4 Å². The fraction of sp³-hybridized carbons (Fsp3) is 0.462. The zero-order valence-electron chi connectivity index (χ0n) is 11.4. The summed E-state index contributed by atoms with van der Waals surface area (Å²) in [6, 6.07) is 4.39. The second-order valence-corrected chi connectivity index (χ2v) is 5.12. The number of nitro benzene ring substituents is 1. The van der Waals surface area contributed by atoms with E-state index in [0.29, 0.717) is 23.9 Å². The first kappa shape index (κ1) is 16.6. The molecule has 1 aromatic carbocycles. The van der Waals surface area contributed by atoms with Gasteiger partial charge in [0.25, 0.3) is 11.6 Å². The molecule has 1 unspecified atom stereocenters. The second kappa shape index (κ2) is 7.96. The van der Waals surface area contributed by atoms with E-state index in [1.165, 1.54) is 6.07 Å². The van der Waals surface area contributed by atoms with Gasteiger partial charge in [-0.15, -0.1) is 0 Å². The number of carbonyl (C=O) groups excluding carboxylic acids is 1. The predicted molar refractivity (Wildman–Crippen MR) is 79.4 cm³/mol. The number of alkyl halides is 1. The molecular formula is C13H17BrN2O4. The Bertz CT molecular complexity index is 487. The fourth-order valence-electron chi connectivity index (χ4n) is 1.89. The number of carbonyl (C=O) groups is 1. The van der Waals surface area contributed by atoms with Crippen molar-refractivity contribution in [2.45, 2.75) is 19.4 Å². The quantitative estimate of drug-likeness (QED) is 0.468. The summed E-state index contributed by atoms with van der Waals surface area (Å²) in [5.41, 5.74) is 0.498. The van der Waals surface area contributed by atoms with Crippen LogP contribution in [0.15, 0.2) is 18.2 Å². The molecule has 1 amide bonds. The van der Waals surface area contributed by atoms with E-state index in [4.69, 9.17) is 4.74 Å². The first-order valence-corrected chi connectivity index (χ1v) is 7.23. The third kappa shape index (κ3) is 4.28. The van der Waals surface area contributed by atoms with Crippen LogP contribution in [0.5, 0.6) is 0 Å². The highest BCUT2D eigenvalue weighted by Crippen LogP contribution is 2.21. The van der Waals surface area contributed by atoms with Gasteiger partial charge in [-0.05, 0) is 18.9 Å². The Morgan fingerprint density at radius 3 is 2.80 bits per heavy atom. The lowest BCUT2D eigenvalue weighted by Crippen LogP contribution is -2.38. The number of nitrogens with one attached hydrogen (secondary N) is 1. The Hall–Kier alpha value is -1.47. The average molecular weight is 345 g/mol. The van der Waals surface area contributed by atoms with Gasteiger partial charge in [-0.3, -0.25) is 14.9 Å². The van der Waals surface area contributed by atoms with Crippen molar-refractivity contribution in [2.75, 3.05) is 19.0 Å². The molecule has 0 fully saturated rings. The Morgan fingerprint density at radius 2 is 2.25 bits per heavy atom. The van der Waals surface area contributed by atoms with Gasteiger partial charge in [-0.25, -0.2) is 0 Å². The van der Waals surface area contributed by atoms with Crippen LogP contribution < -0.4 is 5.32 Å². The number of hydrogen-bond donors (Lipinski definition) is 1. The molecule has 1 aromatic rings. The molecule has 1 atom stereocenters. The number of amides is 1. The highest BCUT2D eigenvalue weighted by molar-refractivity contribution is 9.09. The van der Waals surface area contributed by atoms with Gasteiger partial charge in [0, 0.05) is 18.5 Å². The van der Waals surface area contributed by atoms with E-state index < -0.39 is 10.8 Å². The van der Waals surface area contributed by atoms with Crippen molar-refractivity contribution >= 4 is 27.5 Å². The van der Waals surface area contributed by atoms with E-state index in [0.717, 1.165) is 0 Å².